The van der Waals surface area contributed by atoms with Gasteiger partial charge in [-0.1, -0.05) is 0 Å². The molecule has 0 aliphatic rings. The van der Waals surface area contributed by atoms with Crippen LogP contribution in [0.4, 0.5) is 0 Å². The fourth-order valence-electron chi connectivity index (χ4n) is 1.36. The van der Waals surface area contributed by atoms with Gasteiger partial charge in [-0.2, -0.15) is 23.8 Å². The third-order valence-corrected chi connectivity index (χ3v) is 2.86. The first-order valence-electron chi connectivity index (χ1n) is 4.67. The number of nitrogens with one attached hydrogen (secondary N) is 1. The van der Waals surface area contributed by atoms with Crippen molar-refractivity contribution in [2.24, 2.45) is 0 Å². The van der Waals surface area contributed by atoms with E-state index in [2.05, 4.69) is 39.9 Å². The largest absolute Gasteiger partial charge is 0.319 e. The Morgan fingerprint density at radius 1 is 1.50 bits per heavy atom. The molecule has 2 aromatic rings. The third kappa shape index (κ3) is 2.47. The third-order valence-electron chi connectivity index (χ3n) is 2.03. The maximum absolute atomic E-state index is 4.39. The molecule has 3 heteroatoms. The van der Waals surface area contributed by atoms with Gasteiger partial charge in [0, 0.05) is 11.9 Å². The van der Waals surface area contributed by atoms with E-state index in [0.29, 0.717) is 0 Å². The molecular weight excluding hydrogens is 192 g/mol. The Hall–Kier alpha value is -1.06. The number of hydrogen-bond acceptors (Lipinski definition) is 3. The average molecular weight is 205 g/mol. The summed E-state index contributed by atoms with van der Waals surface area (Å²) >= 11 is 1.70. The summed E-state index contributed by atoms with van der Waals surface area (Å²) in [6.07, 6.45) is 0. The van der Waals surface area contributed by atoms with E-state index in [1.807, 2.05) is 6.92 Å². The van der Waals surface area contributed by atoms with Crippen LogP contribution in [0, 0.1) is 6.92 Å². The van der Waals surface area contributed by atoms with Crippen LogP contribution in [0.2, 0.25) is 0 Å². The van der Waals surface area contributed by atoms with E-state index in [9.17, 15) is 0 Å². The average Bonchev–Trinajstić information content (AvgIpc) is 2.77. The zero-order valence-corrected chi connectivity index (χ0v) is 8.97. The van der Waals surface area contributed by atoms with Crippen molar-refractivity contribution in [3.05, 3.63) is 45.9 Å². The summed E-state index contributed by atoms with van der Waals surface area (Å²) in [5, 5.41) is 6.60. The molecular formula is C11H13N2S-. The first kappa shape index (κ1) is 9.49. The molecule has 0 aliphatic carbocycles. The summed E-state index contributed by atoms with van der Waals surface area (Å²) < 4.78 is 0. The Morgan fingerprint density at radius 3 is 3.07 bits per heavy atom. The molecule has 0 saturated heterocycles. The minimum absolute atomic E-state index is 0.857. The number of thiazole rings is 1. The van der Waals surface area contributed by atoms with Gasteiger partial charge in [-0.15, -0.1) is 11.3 Å². The van der Waals surface area contributed by atoms with Crippen molar-refractivity contribution >= 4 is 11.3 Å². The normalized spacial score (nSPS) is 10.6. The van der Waals surface area contributed by atoms with Gasteiger partial charge in [0.05, 0.1) is 10.7 Å². The SMILES string of the molecule is Cc1nc(CNCc2cc[cH-]c2)cs1. The van der Waals surface area contributed by atoms with Gasteiger partial charge in [0.1, 0.15) is 0 Å². The fraction of sp³-hybridized carbons (Fsp3) is 0.273. The molecule has 2 rings (SSSR count). The van der Waals surface area contributed by atoms with E-state index in [4.69, 9.17) is 0 Å². The van der Waals surface area contributed by atoms with Crippen molar-refractivity contribution in [2.45, 2.75) is 20.0 Å². The minimum Gasteiger partial charge on any atom is -0.319 e. The molecule has 2 nitrogen and oxygen atoms in total. The van der Waals surface area contributed by atoms with Gasteiger partial charge >= 0.3 is 0 Å². The van der Waals surface area contributed by atoms with Crippen LogP contribution >= 0.6 is 11.3 Å². The highest BCUT2D eigenvalue weighted by Gasteiger charge is 1.95. The molecule has 74 valence electrons. The van der Waals surface area contributed by atoms with E-state index in [1.165, 1.54) is 5.56 Å². The molecule has 0 amide bonds. The smallest absolute Gasteiger partial charge is 0.0897 e. The maximum Gasteiger partial charge on any atom is 0.0897 e. The lowest BCUT2D eigenvalue weighted by Gasteiger charge is -2.04. The zero-order valence-electron chi connectivity index (χ0n) is 8.16. The molecule has 0 unspecified atom stereocenters. The van der Waals surface area contributed by atoms with Crippen LogP contribution < -0.4 is 5.32 Å². The highest BCUT2D eigenvalue weighted by Crippen LogP contribution is 2.07. The van der Waals surface area contributed by atoms with E-state index in [0.717, 1.165) is 23.8 Å². The Bertz CT molecular complexity index is 376. The molecule has 0 fully saturated rings. The van der Waals surface area contributed by atoms with Crippen LogP contribution in [0.5, 0.6) is 0 Å². The van der Waals surface area contributed by atoms with Crippen molar-refractivity contribution in [1.29, 1.82) is 0 Å². The number of rotatable bonds is 4. The Kier molecular flexibility index (Phi) is 3.01. The second-order valence-corrected chi connectivity index (χ2v) is 4.32. The summed E-state index contributed by atoms with van der Waals surface area (Å²) in [6.45, 7) is 3.81. The van der Waals surface area contributed by atoms with Crippen molar-refractivity contribution in [3.63, 3.8) is 0 Å². The molecule has 0 aliphatic heterocycles. The molecule has 1 heterocycles. The lowest BCUT2D eigenvalue weighted by molar-refractivity contribution is 0.683. The minimum atomic E-state index is 0.857. The topological polar surface area (TPSA) is 24.9 Å². The number of hydrogen-bond donors (Lipinski definition) is 1. The van der Waals surface area contributed by atoms with Crippen LogP contribution in [-0.2, 0) is 13.1 Å². The highest BCUT2D eigenvalue weighted by molar-refractivity contribution is 7.09. The first-order valence-corrected chi connectivity index (χ1v) is 5.55. The molecule has 1 aromatic heterocycles. The second kappa shape index (κ2) is 4.44. The molecule has 0 radical (unpaired) electrons. The van der Waals surface area contributed by atoms with Crippen LogP contribution in [0.3, 0.4) is 0 Å². The highest BCUT2D eigenvalue weighted by atomic mass is 32.1. The van der Waals surface area contributed by atoms with Crippen molar-refractivity contribution in [1.82, 2.24) is 10.3 Å². The predicted molar refractivity (Wildman–Crippen MR) is 59.4 cm³/mol. The van der Waals surface area contributed by atoms with Gasteiger partial charge in [0.25, 0.3) is 0 Å². The van der Waals surface area contributed by atoms with Gasteiger partial charge < -0.3 is 5.32 Å². The Labute approximate surface area is 88.0 Å². The van der Waals surface area contributed by atoms with Crippen molar-refractivity contribution in [3.8, 4) is 0 Å². The van der Waals surface area contributed by atoms with Gasteiger partial charge in [0.2, 0.25) is 0 Å². The van der Waals surface area contributed by atoms with Crippen LogP contribution in [0.25, 0.3) is 0 Å². The Balaban J connectivity index is 1.78. The first-order chi connectivity index (χ1) is 6.84. The van der Waals surface area contributed by atoms with Crippen LogP contribution in [0.15, 0.2) is 29.6 Å². The summed E-state index contributed by atoms with van der Waals surface area (Å²) in [5.41, 5.74) is 2.47. The van der Waals surface area contributed by atoms with Crippen LogP contribution in [0.1, 0.15) is 16.3 Å². The van der Waals surface area contributed by atoms with E-state index in [-0.39, 0.29) is 0 Å². The Morgan fingerprint density at radius 2 is 2.43 bits per heavy atom. The molecule has 0 saturated carbocycles. The van der Waals surface area contributed by atoms with Gasteiger partial charge in [-0.05, 0) is 13.5 Å². The molecule has 14 heavy (non-hydrogen) atoms. The van der Waals surface area contributed by atoms with Gasteiger partial charge in [-0.25, -0.2) is 11.1 Å². The van der Waals surface area contributed by atoms with Crippen molar-refractivity contribution < 1.29 is 0 Å². The van der Waals surface area contributed by atoms with E-state index >= 15 is 0 Å². The quantitative estimate of drug-likeness (QED) is 0.776. The van der Waals surface area contributed by atoms with E-state index < -0.39 is 0 Å². The lowest BCUT2D eigenvalue weighted by atomic mass is 10.3. The monoisotopic (exact) mass is 205 g/mol. The molecule has 1 aromatic carbocycles. The van der Waals surface area contributed by atoms with Gasteiger partial charge in [0.15, 0.2) is 0 Å². The van der Waals surface area contributed by atoms with Gasteiger partial charge in [-0.3, -0.25) is 0 Å². The second-order valence-electron chi connectivity index (χ2n) is 3.25. The summed E-state index contributed by atoms with van der Waals surface area (Å²) in [4.78, 5) is 4.39. The molecule has 0 bridgehead atoms. The zero-order chi connectivity index (χ0) is 9.80. The molecule has 1 N–H and O–H groups in total. The lowest BCUT2D eigenvalue weighted by Crippen LogP contribution is -2.12. The van der Waals surface area contributed by atoms with Crippen LogP contribution in [-0.4, -0.2) is 4.98 Å². The predicted octanol–water partition coefficient (Wildman–Crippen LogP) is 2.46. The van der Waals surface area contributed by atoms with E-state index in [1.54, 1.807) is 11.3 Å². The summed E-state index contributed by atoms with van der Waals surface area (Å²) in [6, 6.07) is 8.37. The summed E-state index contributed by atoms with van der Waals surface area (Å²) in [5.74, 6) is 0. The molecule has 0 spiro atoms. The molecule has 0 atom stereocenters. The maximum atomic E-state index is 4.39. The summed E-state index contributed by atoms with van der Waals surface area (Å²) in [7, 11) is 0. The standard InChI is InChI=1S/C11H13N2S/c1-9-13-11(8-14-9)7-12-6-10-4-2-3-5-10/h2-5,8,12H,6-7H2,1H3/q-1. The number of aromatic nitrogens is 1. The number of aryl methyl sites for hydroxylation is 1. The fourth-order valence-corrected chi connectivity index (χ4v) is 1.97. The van der Waals surface area contributed by atoms with Crippen molar-refractivity contribution in [2.75, 3.05) is 0 Å². The number of nitrogens with zero attached hydrogens (tertiary/aromatic N) is 1.